The Morgan fingerprint density at radius 1 is 0.833 bits per heavy atom. The second-order valence-electron chi connectivity index (χ2n) is 17.8. The van der Waals surface area contributed by atoms with E-state index in [0.717, 1.165) is 22.7 Å². The number of anilines is 4. The first-order valence-corrected chi connectivity index (χ1v) is 27.4. The summed E-state index contributed by atoms with van der Waals surface area (Å²) in [5.74, 6) is -1.42. The van der Waals surface area contributed by atoms with Gasteiger partial charge < -0.3 is 34.8 Å². The van der Waals surface area contributed by atoms with Gasteiger partial charge in [0.2, 0.25) is 0 Å². The molecule has 2 aliphatic heterocycles. The van der Waals surface area contributed by atoms with Crippen molar-refractivity contribution in [2.45, 2.75) is 58.5 Å². The Morgan fingerprint density at radius 2 is 1.46 bits per heavy atom. The van der Waals surface area contributed by atoms with E-state index in [-0.39, 0.29) is 28.1 Å². The summed E-state index contributed by atoms with van der Waals surface area (Å²) in [7, 11) is -8.93. The quantitative estimate of drug-likeness (QED) is 0.0506. The monoisotopic (exact) mass is 1070 g/mol. The Labute approximate surface area is 425 Å². The number of hydrogen-bond acceptors (Lipinski definition) is 11. The number of halogens is 5. The maximum Gasteiger partial charge on any atom is 0.501 e. The fraction of sp³-hybridized carbons (Fsp3) is 0.314. The van der Waals surface area contributed by atoms with Crippen LogP contribution in [0.2, 0.25) is 5.02 Å². The second kappa shape index (κ2) is 21.8. The summed E-state index contributed by atoms with van der Waals surface area (Å²) in [6.07, 6.45) is 1.19. The molecule has 2 aliphatic rings. The van der Waals surface area contributed by atoms with Crippen molar-refractivity contribution in [1.29, 1.82) is 0 Å². The molecule has 0 amide bonds. The topological polar surface area (TPSA) is 165 Å². The molecule has 382 valence electrons. The zero-order valence-corrected chi connectivity index (χ0v) is 42.4. The van der Waals surface area contributed by atoms with Crippen LogP contribution in [0.4, 0.5) is 40.3 Å². The molecule has 0 bridgehead atoms. The molecule has 1 aromatic heterocycles. The number of piperidine rings is 1. The third-order valence-corrected chi connectivity index (χ3v) is 17.5. The minimum atomic E-state index is -6.04. The number of thioether (sulfide) groups is 1. The third kappa shape index (κ3) is 11.7. The molecule has 0 spiro atoms. The molecule has 72 heavy (non-hydrogen) atoms. The zero-order valence-electron chi connectivity index (χ0n) is 39.2. The molecule has 0 aliphatic carbocycles. The van der Waals surface area contributed by atoms with E-state index in [2.05, 4.69) is 24.7 Å². The minimum Gasteiger partial charge on any atom is -0.478 e. The number of aliphatic hydroxyl groups excluding tert-OH is 1. The summed E-state index contributed by atoms with van der Waals surface area (Å²) in [5, 5.41) is 23.8. The van der Waals surface area contributed by atoms with E-state index < -0.39 is 59.1 Å². The Balaban J connectivity index is 0.969. The molecule has 2 saturated heterocycles. The van der Waals surface area contributed by atoms with Crippen molar-refractivity contribution in [3.05, 3.63) is 137 Å². The first-order chi connectivity index (χ1) is 34.2. The van der Waals surface area contributed by atoms with E-state index in [0.29, 0.717) is 105 Å². The van der Waals surface area contributed by atoms with Crippen molar-refractivity contribution in [1.82, 2.24) is 9.47 Å². The van der Waals surface area contributed by atoms with E-state index in [1.165, 1.54) is 30.0 Å². The number of alkyl halides is 3. The predicted octanol–water partition coefficient (Wildman–Crippen LogP) is 10.00. The number of piperazine rings is 1. The highest BCUT2D eigenvalue weighted by Crippen LogP contribution is 2.42. The molecular weight excluding hydrogens is 1020 g/mol. The van der Waals surface area contributed by atoms with Crippen LogP contribution in [0.25, 0.3) is 22.4 Å². The molecule has 8 rings (SSSR count). The van der Waals surface area contributed by atoms with Crippen molar-refractivity contribution in [3.63, 3.8) is 0 Å². The Bertz CT molecular complexity index is 3130. The van der Waals surface area contributed by atoms with Crippen LogP contribution in [-0.4, -0.2) is 112 Å². The van der Waals surface area contributed by atoms with E-state index >= 15 is 4.39 Å². The number of sulfone groups is 1. The molecule has 0 saturated carbocycles. The van der Waals surface area contributed by atoms with Gasteiger partial charge in [0.05, 0.1) is 27.9 Å². The van der Waals surface area contributed by atoms with Crippen LogP contribution in [0.15, 0.2) is 130 Å². The van der Waals surface area contributed by atoms with E-state index in [4.69, 9.17) is 11.6 Å². The van der Waals surface area contributed by atoms with Gasteiger partial charge in [-0.05, 0) is 117 Å². The van der Waals surface area contributed by atoms with E-state index in [9.17, 15) is 45.0 Å². The smallest absolute Gasteiger partial charge is 0.478 e. The van der Waals surface area contributed by atoms with E-state index in [1.54, 1.807) is 67.1 Å². The van der Waals surface area contributed by atoms with Crippen LogP contribution < -0.4 is 19.8 Å². The van der Waals surface area contributed by atoms with Crippen LogP contribution in [-0.2, 0) is 26.9 Å². The second-order valence-corrected chi connectivity index (χ2v) is 22.9. The van der Waals surface area contributed by atoms with Gasteiger partial charge in [0.1, 0.15) is 10.7 Å². The van der Waals surface area contributed by atoms with Crippen molar-refractivity contribution in [2.75, 3.05) is 71.4 Å². The summed E-state index contributed by atoms with van der Waals surface area (Å²) in [6, 6.07) is 29.3. The zero-order chi connectivity index (χ0) is 51.5. The molecule has 5 aromatic carbocycles. The van der Waals surface area contributed by atoms with Gasteiger partial charge in [-0.25, -0.2) is 26.0 Å². The highest BCUT2D eigenvalue weighted by atomic mass is 35.5. The normalized spacial score (nSPS) is 15.7. The van der Waals surface area contributed by atoms with Crippen molar-refractivity contribution in [2.24, 2.45) is 7.05 Å². The first-order valence-electron chi connectivity index (χ1n) is 23.1. The Morgan fingerprint density at radius 3 is 2.08 bits per heavy atom. The maximum atomic E-state index is 15.8. The number of hydrogen-bond donors (Lipinski definition) is 4. The molecule has 3 heterocycles. The summed E-state index contributed by atoms with van der Waals surface area (Å²) < 4.78 is 117. The van der Waals surface area contributed by atoms with Crippen LogP contribution in [0.3, 0.4) is 0 Å². The average molecular weight is 1070 g/mol. The Kier molecular flexibility index (Phi) is 15.9. The van der Waals surface area contributed by atoms with Crippen molar-refractivity contribution >= 4 is 71.9 Å². The van der Waals surface area contributed by atoms with Gasteiger partial charge in [0, 0.05) is 108 Å². The minimum absolute atomic E-state index is 0.0143. The van der Waals surface area contributed by atoms with E-state index in [1.807, 2.05) is 30.3 Å². The molecular formula is C51H53ClF4N6O7S3. The highest BCUT2D eigenvalue weighted by Gasteiger charge is 2.48. The lowest BCUT2D eigenvalue weighted by atomic mass is 9.95. The average Bonchev–Trinajstić information content (AvgIpc) is 3.62. The number of carboxylic acids is 1. The fourth-order valence-corrected chi connectivity index (χ4v) is 12.3. The number of nitrogens with zero attached hydrogens (tertiary/aromatic N) is 4. The lowest BCUT2D eigenvalue weighted by Crippen LogP contribution is -2.46. The van der Waals surface area contributed by atoms with Gasteiger partial charge >= 0.3 is 11.5 Å². The number of sulfonamides is 1. The van der Waals surface area contributed by atoms with Gasteiger partial charge in [-0.3, -0.25) is 4.72 Å². The van der Waals surface area contributed by atoms with Crippen LogP contribution in [0.1, 0.15) is 35.3 Å². The number of carboxylic acid groups (broad SMARTS) is 1. The van der Waals surface area contributed by atoms with Gasteiger partial charge in [-0.15, -0.1) is 11.8 Å². The van der Waals surface area contributed by atoms with Gasteiger partial charge in [-0.2, -0.15) is 13.2 Å². The summed E-state index contributed by atoms with van der Waals surface area (Å²) in [6.45, 7) is 5.47. The number of aromatic carboxylic acids is 1. The number of rotatable bonds is 17. The summed E-state index contributed by atoms with van der Waals surface area (Å²) >= 11 is 7.59. The SMILES string of the molecule is Cc1c(C(=O)O)c(-c2cc(N3CCN(c4ccc(NS(=O)(=O)c5ccc(N[C@H](CCN6CCC(O)CC6)CSc6ccccc6)c(S(=O)(=O)C(F)(F)F)c5)cc4)CC3)ccc2F)c(-c2ccc(Cl)cc2)n1C. The lowest BCUT2D eigenvalue weighted by Gasteiger charge is -2.37. The summed E-state index contributed by atoms with van der Waals surface area (Å²) in [5.41, 5.74) is -2.60. The molecule has 13 nitrogen and oxygen atoms in total. The molecule has 4 N–H and O–H groups in total. The number of nitrogens with one attached hydrogen (secondary N) is 2. The molecule has 6 aromatic rings. The largest absolute Gasteiger partial charge is 0.501 e. The van der Waals surface area contributed by atoms with Crippen molar-refractivity contribution < 1.29 is 49.4 Å². The lowest BCUT2D eigenvalue weighted by molar-refractivity contribution is -0.0436. The fourth-order valence-electron chi connectivity index (χ4n) is 9.10. The molecule has 0 radical (unpaired) electrons. The van der Waals surface area contributed by atoms with Crippen LogP contribution >= 0.6 is 23.4 Å². The maximum absolute atomic E-state index is 15.8. The van der Waals surface area contributed by atoms with Crippen molar-refractivity contribution in [3.8, 4) is 22.4 Å². The number of aliphatic hydroxyl groups is 1. The van der Waals surface area contributed by atoms with Gasteiger partial charge in [0.25, 0.3) is 19.9 Å². The Hall–Kier alpha value is -5.77. The third-order valence-electron chi connectivity index (χ3n) is 13.1. The molecule has 1 atom stereocenters. The standard InChI is InChI=1S/C51H53ClF4N6O7S3/c1-33-47(50(64)65)48(49(59(33)2)34-8-10-35(52)11-9-34)43-30-39(16-18-44(43)53)62-28-26-61(27-29-62)38-14-12-36(13-15-38)58-72(68,69)42-17-19-45(46(31-42)71(66,67)51(54,55)56)57-37(32-70-41-6-4-3-5-7-41)20-23-60-24-21-40(63)22-25-60/h3-19,30-31,37,40,57-58,63H,20-29,32H2,1-2H3,(H,64,65)/t37-/m1/s1. The van der Waals surface area contributed by atoms with Crippen LogP contribution in [0, 0.1) is 12.7 Å². The highest BCUT2D eigenvalue weighted by molar-refractivity contribution is 7.99. The molecule has 2 fully saturated rings. The number of aromatic nitrogens is 1. The van der Waals surface area contributed by atoms with Crippen LogP contribution in [0.5, 0.6) is 0 Å². The number of likely N-dealkylation sites (tertiary alicyclic amines) is 1. The summed E-state index contributed by atoms with van der Waals surface area (Å²) in [4.78, 5) is 17.9. The van der Waals surface area contributed by atoms with Gasteiger partial charge in [-0.1, -0.05) is 41.9 Å². The van der Waals surface area contributed by atoms with Gasteiger partial charge in [0.15, 0.2) is 0 Å². The molecule has 21 heteroatoms. The predicted molar refractivity (Wildman–Crippen MR) is 275 cm³/mol. The number of benzene rings is 5. The molecule has 0 unspecified atom stereocenters. The first kappa shape index (κ1) is 52.5. The number of carbonyl (C=O) groups is 1.